The maximum absolute atomic E-state index is 12.4. The van der Waals surface area contributed by atoms with Crippen molar-refractivity contribution in [2.75, 3.05) is 18.2 Å². The molecular weight excluding hydrogens is 332 g/mol. The lowest BCUT2D eigenvalue weighted by Crippen LogP contribution is -2.12. The normalized spacial score (nSPS) is 10.4. The third-order valence-corrected chi connectivity index (χ3v) is 3.86. The molecule has 0 fully saturated rings. The Morgan fingerprint density at radius 1 is 1.15 bits per heavy atom. The van der Waals surface area contributed by atoms with Gasteiger partial charge >= 0.3 is 5.97 Å². The molecule has 0 aliphatic rings. The Morgan fingerprint density at radius 3 is 2.54 bits per heavy atom. The topological polar surface area (TPSA) is 99.2 Å². The third kappa shape index (κ3) is 3.41. The van der Waals surface area contributed by atoms with Gasteiger partial charge in [-0.3, -0.25) is 4.79 Å². The molecule has 0 atom stereocenters. The number of hydrogen-bond acceptors (Lipinski definition) is 5. The van der Waals surface area contributed by atoms with Crippen molar-refractivity contribution in [1.29, 1.82) is 0 Å². The number of anilines is 2. The molecular formula is C19H18N4O3. The van der Waals surface area contributed by atoms with E-state index in [-0.39, 0.29) is 17.3 Å². The van der Waals surface area contributed by atoms with E-state index in [1.165, 1.54) is 18.0 Å². The van der Waals surface area contributed by atoms with Crippen molar-refractivity contribution in [3.63, 3.8) is 0 Å². The van der Waals surface area contributed by atoms with Crippen LogP contribution in [0, 0.1) is 6.92 Å². The number of ether oxygens (including phenoxy) is 1. The Balaban J connectivity index is 1.79. The second-order valence-electron chi connectivity index (χ2n) is 5.72. The summed E-state index contributed by atoms with van der Waals surface area (Å²) in [6.07, 6.45) is 1.35. The van der Waals surface area contributed by atoms with Crippen molar-refractivity contribution in [3.8, 4) is 5.69 Å². The van der Waals surface area contributed by atoms with Gasteiger partial charge in [-0.05, 0) is 48.9 Å². The summed E-state index contributed by atoms with van der Waals surface area (Å²) >= 11 is 0. The molecule has 1 amide bonds. The second-order valence-corrected chi connectivity index (χ2v) is 5.72. The number of nitrogens with zero attached hydrogens (tertiary/aromatic N) is 2. The number of hydrogen-bond donors (Lipinski definition) is 2. The molecule has 26 heavy (non-hydrogen) atoms. The first-order valence-corrected chi connectivity index (χ1v) is 7.90. The van der Waals surface area contributed by atoms with Crippen LogP contribution in [0.2, 0.25) is 0 Å². The van der Waals surface area contributed by atoms with Crippen LogP contribution in [0.1, 0.15) is 26.3 Å². The van der Waals surface area contributed by atoms with Crippen LogP contribution >= 0.6 is 0 Å². The molecule has 3 aromatic rings. The Kier molecular flexibility index (Phi) is 4.70. The minimum absolute atomic E-state index is 0.175. The Hall–Kier alpha value is -3.61. The van der Waals surface area contributed by atoms with E-state index in [0.29, 0.717) is 11.3 Å². The number of carbonyl (C=O) groups excluding carboxylic acids is 2. The van der Waals surface area contributed by atoms with E-state index < -0.39 is 5.97 Å². The van der Waals surface area contributed by atoms with Gasteiger partial charge in [-0.25, -0.2) is 9.48 Å². The van der Waals surface area contributed by atoms with Gasteiger partial charge in [-0.2, -0.15) is 5.10 Å². The first-order chi connectivity index (χ1) is 12.5. The van der Waals surface area contributed by atoms with Crippen LogP contribution < -0.4 is 11.1 Å². The lowest BCUT2D eigenvalue weighted by molar-refractivity contribution is 0.0602. The van der Waals surface area contributed by atoms with Crippen molar-refractivity contribution < 1.29 is 14.3 Å². The fraction of sp³-hybridized carbons (Fsp3) is 0.105. The Bertz CT molecular complexity index is 961. The van der Waals surface area contributed by atoms with Crippen molar-refractivity contribution in [2.45, 2.75) is 6.92 Å². The molecule has 3 N–H and O–H groups in total. The minimum atomic E-state index is -0.553. The number of benzene rings is 2. The number of nitrogen functional groups attached to an aromatic ring is 1. The van der Waals surface area contributed by atoms with Crippen molar-refractivity contribution in [1.82, 2.24) is 9.78 Å². The molecule has 0 spiro atoms. The van der Waals surface area contributed by atoms with Gasteiger partial charge in [0.1, 0.15) is 11.4 Å². The van der Waals surface area contributed by atoms with Gasteiger partial charge in [0.2, 0.25) is 0 Å². The zero-order chi connectivity index (χ0) is 18.7. The SMILES string of the molecule is COC(=O)c1cnn(-c2ccc(C(=O)Nc3cccc(C)c3)cc2)c1N. The van der Waals surface area contributed by atoms with Crippen molar-refractivity contribution in [2.24, 2.45) is 0 Å². The fourth-order valence-electron chi connectivity index (χ4n) is 2.51. The average molecular weight is 350 g/mol. The second kappa shape index (κ2) is 7.10. The van der Waals surface area contributed by atoms with Crippen LogP contribution in [-0.2, 0) is 4.74 Å². The molecule has 1 aromatic heterocycles. The molecule has 0 saturated heterocycles. The smallest absolute Gasteiger partial charge is 0.343 e. The summed E-state index contributed by atoms with van der Waals surface area (Å²) in [5.41, 5.74) is 9.06. The largest absolute Gasteiger partial charge is 0.465 e. The van der Waals surface area contributed by atoms with E-state index in [1.807, 2.05) is 31.2 Å². The molecule has 1 heterocycles. The molecule has 0 aliphatic heterocycles. The van der Waals surface area contributed by atoms with Gasteiger partial charge in [-0.1, -0.05) is 12.1 Å². The number of carbonyl (C=O) groups is 2. The highest BCUT2D eigenvalue weighted by Crippen LogP contribution is 2.19. The number of aryl methyl sites for hydroxylation is 1. The van der Waals surface area contributed by atoms with E-state index in [0.717, 1.165) is 11.3 Å². The van der Waals surface area contributed by atoms with Gasteiger partial charge in [-0.15, -0.1) is 0 Å². The van der Waals surface area contributed by atoms with E-state index in [1.54, 1.807) is 24.3 Å². The molecule has 0 unspecified atom stereocenters. The van der Waals surface area contributed by atoms with Crippen LogP contribution in [0.5, 0.6) is 0 Å². The highest BCUT2D eigenvalue weighted by Gasteiger charge is 2.16. The molecule has 0 radical (unpaired) electrons. The Morgan fingerprint density at radius 2 is 1.88 bits per heavy atom. The zero-order valence-electron chi connectivity index (χ0n) is 14.4. The van der Waals surface area contributed by atoms with E-state index in [9.17, 15) is 9.59 Å². The quantitative estimate of drug-likeness (QED) is 0.705. The number of aromatic nitrogens is 2. The maximum atomic E-state index is 12.4. The number of rotatable bonds is 4. The number of esters is 1. The van der Waals surface area contributed by atoms with E-state index in [4.69, 9.17) is 5.73 Å². The fourth-order valence-corrected chi connectivity index (χ4v) is 2.51. The van der Waals surface area contributed by atoms with Gasteiger partial charge in [0.05, 0.1) is 19.0 Å². The first kappa shape index (κ1) is 17.2. The standard InChI is InChI=1S/C19H18N4O3/c1-12-4-3-5-14(10-12)22-18(24)13-6-8-15(9-7-13)23-17(20)16(11-21-23)19(25)26-2/h3-11H,20H2,1-2H3,(H,22,24). The van der Waals surface area contributed by atoms with E-state index >= 15 is 0 Å². The first-order valence-electron chi connectivity index (χ1n) is 7.90. The lowest BCUT2D eigenvalue weighted by Gasteiger charge is -2.08. The maximum Gasteiger partial charge on any atom is 0.343 e. The number of nitrogens with one attached hydrogen (secondary N) is 1. The summed E-state index contributed by atoms with van der Waals surface area (Å²) in [6, 6.07) is 14.3. The number of methoxy groups -OCH3 is 1. The molecule has 0 saturated carbocycles. The Labute approximate surface area is 150 Å². The summed E-state index contributed by atoms with van der Waals surface area (Å²) in [5, 5.41) is 6.95. The molecule has 7 heteroatoms. The van der Waals surface area contributed by atoms with Crippen molar-refractivity contribution >= 4 is 23.4 Å². The molecule has 7 nitrogen and oxygen atoms in total. The van der Waals surface area contributed by atoms with Crippen LogP contribution in [0.3, 0.4) is 0 Å². The average Bonchev–Trinajstić information content (AvgIpc) is 3.02. The highest BCUT2D eigenvalue weighted by atomic mass is 16.5. The van der Waals surface area contributed by atoms with E-state index in [2.05, 4.69) is 15.2 Å². The molecule has 0 bridgehead atoms. The molecule has 132 valence electrons. The van der Waals surface area contributed by atoms with Gasteiger partial charge in [0.25, 0.3) is 5.91 Å². The van der Waals surface area contributed by atoms with Crippen LogP contribution in [-0.4, -0.2) is 28.8 Å². The molecule has 0 aliphatic carbocycles. The van der Waals surface area contributed by atoms with Crippen molar-refractivity contribution in [3.05, 3.63) is 71.4 Å². The lowest BCUT2D eigenvalue weighted by atomic mass is 10.1. The van der Waals surface area contributed by atoms with Crippen LogP contribution in [0.15, 0.2) is 54.7 Å². The summed E-state index contributed by atoms with van der Waals surface area (Å²) < 4.78 is 6.07. The van der Waals surface area contributed by atoms with Gasteiger partial charge < -0.3 is 15.8 Å². The number of nitrogens with two attached hydrogens (primary N) is 1. The summed E-state index contributed by atoms with van der Waals surface area (Å²) in [4.78, 5) is 24.0. The predicted octanol–water partition coefficient (Wildman–Crippen LogP) is 2.80. The number of amides is 1. The monoisotopic (exact) mass is 350 g/mol. The van der Waals surface area contributed by atoms with Crippen LogP contribution in [0.4, 0.5) is 11.5 Å². The zero-order valence-corrected chi connectivity index (χ0v) is 14.4. The third-order valence-electron chi connectivity index (χ3n) is 3.86. The molecule has 3 rings (SSSR count). The van der Waals surface area contributed by atoms with Gasteiger partial charge in [0.15, 0.2) is 0 Å². The summed E-state index contributed by atoms with van der Waals surface area (Å²) in [6.45, 7) is 1.96. The molecule has 2 aromatic carbocycles. The highest BCUT2D eigenvalue weighted by molar-refractivity contribution is 6.04. The summed E-state index contributed by atoms with van der Waals surface area (Å²) in [5.74, 6) is -0.595. The summed E-state index contributed by atoms with van der Waals surface area (Å²) in [7, 11) is 1.28. The minimum Gasteiger partial charge on any atom is -0.465 e. The predicted molar refractivity (Wildman–Crippen MR) is 98.4 cm³/mol. The van der Waals surface area contributed by atoms with Crippen LogP contribution in [0.25, 0.3) is 5.69 Å². The van der Waals surface area contributed by atoms with Gasteiger partial charge in [0, 0.05) is 11.3 Å².